The predicted octanol–water partition coefficient (Wildman–Crippen LogP) is 5.12. The zero-order valence-electron chi connectivity index (χ0n) is 12.2. The molecule has 5 heteroatoms. The van der Waals surface area contributed by atoms with E-state index in [4.69, 9.17) is 23.2 Å². The zero-order valence-corrected chi connectivity index (χ0v) is 13.7. The Labute approximate surface area is 134 Å². The van der Waals surface area contributed by atoms with Gasteiger partial charge in [0.25, 0.3) is 0 Å². The van der Waals surface area contributed by atoms with Crippen LogP contribution in [0.25, 0.3) is 11.4 Å². The molecule has 1 aliphatic rings. The fourth-order valence-electron chi connectivity index (χ4n) is 3.06. The molecule has 0 atom stereocenters. The summed E-state index contributed by atoms with van der Waals surface area (Å²) in [5, 5.41) is 0.980. The van der Waals surface area contributed by atoms with Crippen LogP contribution in [0.5, 0.6) is 0 Å². The summed E-state index contributed by atoms with van der Waals surface area (Å²) in [4.78, 5) is 13.3. The predicted molar refractivity (Wildman–Crippen MR) is 86.0 cm³/mol. The maximum absolute atomic E-state index is 6.39. The molecule has 0 saturated heterocycles. The molecule has 0 aromatic carbocycles. The lowest BCUT2D eigenvalue weighted by atomic mass is 10.0. The second-order valence-corrected chi connectivity index (χ2v) is 6.38. The van der Waals surface area contributed by atoms with Gasteiger partial charge in [-0.1, -0.05) is 36.0 Å². The van der Waals surface area contributed by atoms with Gasteiger partial charge in [0, 0.05) is 22.5 Å². The van der Waals surface area contributed by atoms with Crippen LogP contribution in [0.15, 0.2) is 12.1 Å². The van der Waals surface area contributed by atoms with Gasteiger partial charge in [-0.3, -0.25) is 4.98 Å². The molecule has 3 nitrogen and oxygen atoms in total. The van der Waals surface area contributed by atoms with Crippen molar-refractivity contribution in [3.63, 3.8) is 0 Å². The molecule has 0 amide bonds. The molecular weight excluding hydrogens is 305 g/mol. The van der Waals surface area contributed by atoms with Crippen molar-refractivity contribution in [3.05, 3.63) is 39.4 Å². The van der Waals surface area contributed by atoms with Crippen molar-refractivity contribution in [2.75, 3.05) is 0 Å². The number of pyridine rings is 1. The van der Waals surface area contributed by atoms with Crippen LogP contribution in [0, 0.1) is 13.8 Å². The van der Waals surface area contributed by atoms with Gasteiger partial charge in [0.2, 0.25) is 0 Å². The number of nitrogens with zero attached hydrogens (tertiary/aromatic N) is 3. The molecule has 2 aromatic rings. The standard InChI is InChI=1S/C16H17Cl2N3/c1-9-7-12(8-10(2)19-9)16-20-14(17)13(15(18)21-16)11-5-3-4-6-11/h7-8,11H,3-6H2,1-2H3. The first-order valence-electron chi connectivity index (χ1n) is 7.23. The van der Waals surface area contributed by atoms with Crippen molar-refractivity contribution in [1.29, 1.82) is 0 Å². The van der Waals surface area contributed by atoms with Crippen LogP contribution >= 0.6 is 23.2 Å². The molecule has 2 heterocycles. The molecule has 1 aliphatic carbocycles. The Hall–Kier alpha value is -1.19. The number of aryl methyl sites for hydroxylation is 2. The Morgan fingerprint density at radius 1 is 0.905 bits per heavy atom. The zero-order chi connectivity index (χ0) is 15.0. The van der Waals surface area contributed by atoms with E-state index in [-0.39, 0.29) is 0 Å². The van der Waals surface area contributed by atoms with Gasteiger partial charge in [-0.05, 0) is 44.7 Å². The Kier molecular flexibility index (Phi) is 4.14. The lowest BCUT2D eigenvalue weighted by molar-refractivity contribution is 0.715. The van der Waals surface area contributed by atoms with Crippen molar-refractivity contribution >= 4 is 23.2 Å². The van der Waals surface area contributed by atoms with Gasteiger partial charge >= 0.3 is 0 Å². The van der Waals surface area contributed by atoms with Crippen molar-refractivity contribution in [2.24, 2.45) is 0 Å². The van der Waals surface area contributed by atoms with E-state index in [0.29, 0.717) is 22.0 Å². The molecule has 0 radical (unpaired) electrons. The van der Waals surface area contributed by atoms with Gasteiger partial charge < -0.3 is 0 Å². The SMILES string of the molecule is Cc1cc(-c2nc(Cl)c(C3CCCC3)c(Cl)n2)cc(C)n1. The van der Waals surface area contributed by atoms with Crippen molar-refractivity contribution < 1.29 is 0 Å². The highest BCUT2D eigenvalue weighted by Crippen LogP contribution is 2.40. The van der Waals surface area contributed by atoms with E-state index in [1.165, 1.54) is 12.8 Å². The first-order chi connectivity index (χ1) is 10.0. The topological polar surface area (TPSA) is 38.7 Å². The molecule has 2 aromatic heterocycles. The molecule has 0 aliphatic heterocycles. The average molecular weight is 322 g/mol. The molecule has 0 bridgehead atoms. The maximum Gasteiger partial charge on any atom is 0.162 e. The van der Waals surface area contributed by atoms with E-state index in [2.05, 4.69) is 15.0 Å². The summed E-state index contributed by atoms with van der Waals surface area (Å²) < 4.78 is 0. The number of rotatable bonds is 2. The second kappa shape index (κ2) is 5.90. The largest absolute Gasteiger partial charge is 0.258 e. The van der Waals surface area contributed by atoms with Gasteiger partial charge in [-0.2, -0.15) is 0 Å². The van der Waals surface area contributed by atoms with Crippen LogP contribution in [0.4, 0.5) is 0 Å². The van der Waals surface area contributed by atoms with Crippen LogP contribution in [-0.2, 0) is 0 Å². The highest BCUT2D eigenvalue weighted by atomic mass is 35.5. The summed E-state index contributed by atoms with van der Waals surface area (Å²) in [6.07, 6.45) is 4.69. The second-order valence-electron chi connectivity index (χ2n) is 5.66. The van der Waals surface area contributed by atoms with Gasteiger partial charge in [0.05, 0.1) is 0 Å². The third-order valence-electron chi connectivity index (χ3n) is 3.96. The monoisotopic (exact) mass is 321 g/mol. The fraction of sp³-hybridized carbons (Fsp3) is 0.438. The molecule has 0 unspecified atom stereocenters. The van der Waals surface area contributed by atoms with E-state index < -0.39 is 0 Å². The summed E-state index contributed by atoms with van der Waals surface area (Å²) >= 11 is 12.8. The minimum Gasteiger partial charge on any atom is -0.258 e. The quantitative estimate of drug-likeness (QED) is 0.720. The molecule has 0 N–H and O–H groups in total. The van der Waals surface area contributed by atoms with E-state index in [9.17, 15) is 0 Å². The van der Waals surface area contributed by atoms with Gasteiger partial charge in [0.15, 0.2) is 5.82 Å². The smallest absolute Gasteiger partial charge is 0.162 e. The highest BCUT2D eigenvalue weighted by Gasteiger charge is 2.24. The van der Waals surface area contributed by atoms with Crippen molar-refractivity contribution in [3.8, 4) is 11.4 Å². The third-order valence-corrected chi connectivity index (χ3v) is 4.53. The third kappa shape index (κ3) is 3.04. The minimum absolute atomic E-state index is 0.403. The van der Waals surface area contributed by atoms with Crippen molar-refractivity contribution in [1.82, 2.24) is 15.0 Å². The molecule has 110 valence electrons. The summed E-state index contributed by atoms with van der Waals surface area (Å²) in [7, 11) is 0. The lowest BCUT2D eigenvalue weighted by Gasteiger charge is -2.14. The van der Waals surface area contributed by atoms with Crippen LogP contribution < -0.4 is 0 Å². The maximum atomic E-state index is 6.39. The Balaban J connectivity index is 2.05. The Bertz CT molecular complexity index is 636. The summed E-state index contributed by atoms with van der Waals surface area (Å²) in [5.74, 6) is 0.973. The van der Waals surface area contributed by atoms with Crippen LogP contribution in [0.3, 0.4) is 0 Å². The summed E-state index contributed by atoms with van der Waals surface area (Å²) in [5.41, 5.74) is 3.69. The van der Waals surface area contributed by atoms with E-state index >= 15 is 0 Å². The fourth-order valence-corrected chi connectivity index (χ4v) is 3.76. The minimum atomic E-state index is 0.403. The van der Waals surface area contributed by atoms with Crippen LogP contribution in [0.2, 0.25) is 10.3 Å². The molecular formula is C16H17Cl2N3. The summed E-state index contributed by atoms with van der Waals surface area (Å²) in [6, 6.07) is 3.90. The number of hydrogen-bond acceptors (Lipinski definition) is 3. The Morgan fingerprint density at radius 3 is 1.95 bits per heavy atom. The van der Waals surface area contributed by atoms with Gasteiger partial charge in [-0.15, -0.1) is 0 Å². The molecule has 0 spiro atoms. The lowest BCUT2D eigenvalue weighted by Crippen LogP contribution is -2.02. The van der Waals surface area contributed by atoms with Crippen LogP contribution in [0.1, 0.15) is 48.6 Å². The summed E-state index contributed by atoms with van der Waals surface area (Å²) in [6.45, 7) is 3.90. The molecule has 1 saturated carbocycles. The first kappa shape index (κ1) is 14.7. The highest BCUT2D eigenvalue weighted by molar-refractivity contribution is 6.34. The number of hydrogen-bond donors (Lipinski definition) is 0. The van der Waals surface area contributed by atoms with E-state index in [0.717, 1.165) is 35.4 Å². The average Bonchev–Trinajstić information content (AvgIpc) is 2.90. The molecule has 3 rings (SSSR count). The molecule has 1 fully saturated rings. The van der Waals surface area contributed by atoms with Gasteiger partial charge in [-0.25, -0.2) is 9.97 Å². The van der Waals surface area contributed by atoms with Gasteiger partial charge in [0.1, 0.15) is 10.3 Å². The number of aromatic nitrogens is 3. The molecule has 21 heavy (non-hydrogen) atoms. The normalized spacial score (nSPS) is 15.6. The first-order valence-corrected chi connectivity index (χ1v) is 7.99. The van der Waals surface area contributed by atoms with E-state index in [1.807, 2.05) is 26.0 Å². The van der Waals surface area contributed by atoms with E-state index in [1.54, 1.807) is 0 Å². The Morgan fingerprint density at radius 2 is 1.43 bits per heavy atom. The van der Waals surface area contributed by atoms with Crippen LogP contribution in [-0.4, -0.2) is 15.0 Å². The number of halogens is 2. The van der Waals surface area contributed by atoms with Crippen molar-refractivity contribution in [2.45, 2.75) is 45.4 Å².